The number of halogens is 3. The molecule has 0 fully saturated rings. The fourth-order valence-corrected chi connectivity index (χ4v) is 1.75. The second-order valence-electron chi connectivity index (χ2n) is 5.55. The van der Waals surface area contributed by atoms with Crippen molar-refractivity contribution in [2.24, 2.45) is 0 Å². The fourth-order valence-electron chi connectivity index (χ4n) is 1.75. The van der Waals surface area contributed by atoms with E-state index in [1.54, 1.807) is 0 Å². The third-order valence-corrected chi connectivity index (χ3v) is 2.67. The van der Waals surface area contributed by atoms with Crippen molar-refractivity contribution in [2.75, 3.05) is 12.0 Å². The highest BCUT2D eigenvalue weighted by atomic mass is 19.2. The van der Waals surface area contributed by atoms with Gasteiger partial charge in [-0.2, -0.15) is 9.29 Å². The molecule has 128 valence electrons. The van der Waals surface area contributed by atoms with Crippen LogP contribution in [0.25, 0.3) is 0 Å². The van der Waals surface area contributed by atoms with Crippen molar-refractivity contribution in [2.45, 2.75) is 33.3 Å². The number of carboxylic acid groups (broad SMARTS) is 1. The molecule has 0 aliphatic rings. The summed E-state index contributed by atoms with van der Waals surface area (Å²) in [6.07, 6.45) is -3.59. The van der Waals surface area contributed by atoms with Crippen LogP contribution in [0, 0.1) is 24.4 Å². The number of methoxy groups -OCH3 is 1. The van der Waals surface area contributed by atoms with E-state index in [0.717, 1.165) is 14.0 Å². The van der Waals surface area contributed by atoms with Gasteiger partial charge in [-0.05, 0) is 27.7 Å². The van der Waals surface area contributed by atoms with Crippen LogP contribution in [0.15, 0.2) is 0 Å². The highest BCUT2D eigenvalue weighted by Crippen LogP contribution is 2.36. The van der Waals surface area contributed by atoms with Gasteiger partial charge in [0.25, 0.3) is 0 Å². The van der Waals surface area contributed by atoms with Crippen LogP contribution in [0.5, 0.6) is 5.75 Å². The lowest BCUT2D eigenvalue weighted by atomic mass is 10.1. The van der Waals surface area contributed by atoms with Gasteiger partial charge in [0.2, 0.25) is 5.82 Å². The number of benzene rings is 1. The van der Waals surface area contributed by atoms with Gasteiger partial charge in [0.15, 0.2) is 17.4 Å². The van der Waals surface area contributed by atoms with Gasteiger partial charge in [0, 0.05) is 5.56 Å². The van der Waals surface area contributed by atoms with E-state index in [9.17, 15) is 22.8 Å². The second-order valence-corrected chi connectivity index (χ2v) is 5.55. The van der Waals surface area contributed by atoms with Gasteiger partial charge in [0.1, 0.15) is 11.3 Å². The van der Waals surface area contributed by atoms with Crippen molar-refractivity contribution in [3.63, 3.8) is 0 Å². The Morgan fingerprint density at radius 2 is 1.61 bits per heavy atom. The van der Waals surface area contributed by atoms with Crippen LogP contribution in [0.2, 0.25) is 0 Å². The summed E-state index contributed by atoms with van der Waals surface area (Å²) in [5.41, 5.74) is -3.00. The number of amides is 2. The highest BCUT2D eigenvalue weighted by molar-refractivity contribution is 6.09. The maximum atomic E-state index is 14.3. The first-order valence-corrected chi connectivity index (χ1v) is 6.39. The number of hydrogen-bond acceptors (Lipinski definition) is 4. The van der Waals surface area contributed by atoms with Gasteiger partial charge >= 0.3 is 12.2 Å². The van der Waals surface area contributed by atoms with Crippen LogP contribution in [0.3, 0.4) is 0 Å². The molecular weight excluding hydrogens is 319 g/mol. The average molecular weight is 335 g/mol. The van der Waals surface area contributed by atoms with Crippen molar-refractivity contribution in [1.82, 2.24) is 0 Å². The molecule has 1 aromatic carbocycles. The molecule has 23 heavy (non-hydrogen) atoms. The Morgan fingerprint density at radius 3 is 2.00 bits per heavy atom. The van der Waals surface area contributed by atoms with Crippen LogP contribution < -0.4 is 9.64 Å². The van der Waals surface area contributed by atoms with Gasteiger partial charge in [-0.15, -0.1) is 0 Å². The molecule has 6 nitrogen and oxygen atoms in total. The second kappa shape index (κ2) is 6.35. The number of rotatable bonds is 2. The quantitative estimate of drug-likeness (QED) is 0.831. The van der Waals surface area contributed by atoms with Crippen molar-refractivity contribution in [1.29, 1.82) is 0 Å². The molecule has 9 heteroatoms. The topological polar surface area (TPSA) is 76.1 Å². The molecule has 1 aromatic rings. The first kappa shape index (κ1) is 18.6. The lowest BCUT2D eigenvalue weighted by molar-refractivity contribution is 0.0579. The van der Waals surface area contributed by atoms with Crippen molar-refractivity contribution in [3.8, 4) is 5.75 Å². The minimum absolute atomic E-state index is 0.328. The first-order valence-electron chi connectivity index (χ1n) is 6.39. The Bertz CT molecular complexity index is 626. The third kappa shape index (κ3) is 3.66. The normalized spacial score (nSPS) is 11.1. The number of carbonyl (C=O) groups excluding carboxylic acids is 1. The summed E-state index contributed by atoms with van der Waals surface area (Å²) in [7, 11) is 0.993. The highest BCUT2D eigenvalue weighted by Gasteiger charge is 2.36. The standard InChI is InChI=1S/C14H16F3NO5/c1-6-7(15)10(8(16)9(17)11(6)22-5)18(12(19)20)13(21)23-14(2,3)4/h1-5H3,(H,19,20). The molecule has 0 aromatic heterocycles. The molecule has 0 heterocycles. The van der Waals surface area contributed by atoms with Gasteiger partial charge in [-0.25, -0.2) is 18.4 Å². The average Bonchev–Trinajstić information content (AvgIpc) is 2.39. The Kier molecular flexibility index (Phi) is 5.13. The summed E-state index contributed by atoms with van der Waals surface area (Å²) in [6.45, 7) is 5.34. The van der Waals surface area contributed by atoms with E-state index in [4.69, 9.17) is 9.84 Å². The molecule has 0 saturated heterocycles. The molecule has 0 unspecified atom stereocenters. The summed E-state index contributed by atoms with van der Waals surface area (Å²) >= 11 is 0. The monoisotopic (exact) mass is 335 g/mol. The predicted molar refractivity (Wildman–Crippen MR) is 74.3 cm³/mol. The van der Waals surface area contributed by atoms with E-state index in [2.05, 4.69) is 4.74 Å². The fraction of sp³-hybridized carbons (Fsp3) is 0.429. The Morgan fingerprint density at radius 1 is 1.09 bits per heavy atom. The molecule has 0 bridgehead atoms. The maximum absolute atomic E-state index is 14.3. The molecule has 0 aliphatic carbocycles. The van der Waals surface area contributed by atoms with Crippen LogP contribution in [-0.4, -0.2) is 30.0 Å². The maximum Gasteiger partial charge on any atom is 0.424 e. The van der Waals surface area contributed by atoms with E-state index >= 15 is 0 Å². The molecule has 0 aliphatic heterocycles. The summed E-state index contributed by atoms with van der Waals surface area (Å²) in [5.74, 6) is -5.67. The molecular formula is C14H16F3NO5. The molecule has 1 N–H and O–H groups in total. The summed E-state index contributed by atoms with van der Waals surface area (Å²) < 4.78 is 51.6. The van der Waals surface area contributed by atoms with Crippen LogP contribution in [0.1, 0.15) is 26.3 Å². The number of anilines is 1. The van der Waals surface area contributed by atoms with E-state index < -0.39 is 52.2 Å². The third-order valence-electron chi connectivity index (χ3n) is 2.67. The molecule has 0 radical (unpaired) electrons. The number of ether oxygens (including phenoxy) is 2. The van der Waals surface area contributed by atoms with Gasteiger partial charge in [0.05, 0.1) is 7.11 Å². The predicted octanol–water partition coefficient (Wildman–Crippen LogP) is 3.84. The van der Waals surface area contributed by atoms with E-state index in [1.807, 2.05) is 0 Å². The number of carbonyl (C=O) groups is 2. The van der Waals surface area contributed by atoms with E-state index in [0.29, 0.717) is 0 Å². The van der Waals surface area contributed by atoms with Crippen LogP contribution >= 0.6 is 0 Å². The summed E-state index contributed by atoms with van der Waals surface area (Å²) in [6, 6.07) is 0. The Balaban J connectivity index is 3.57. The first-order chi connectivity index (χ1) is 10.4. The largest absolute Gasteiger partial charge is 0.493 e. The zero-order valence-electron chi connectivity index (χ0n) is 13.2. The van der Waals surface area contributed by atoms with Crippen molar-refractivity contribution >= 4 is 17.9 Å². The van der Waals surface area contributed by atoms with Crippen molar-refractivity contribution in [3.05, 3.63) is 23.0 Å². The molecule has 0 spiro atoms. The van der Waals surface area contributed by atoms with E-state index in [-0.39, 0.29) is 4.90 Å². The molecule has 2 amide bonds. The van der Waals surface area contributed by atoms with Gasteiger partial charge in [-0.1, -0.05) is 0 Å². The molecule has 0 saturated carbocycles. The van der Waals surface area contributed by atoms with E-state index in [1.165, 1.54) is 20.8 Å². The lowest BCUT2D eigenvalue weighted by Crippen LogP contribution is -2.41. The van der Waals surface area contributed by atoms with Crippen molar-refractivity contribution < 1.29 is 37.3 Å². The van der Waals surface area contributed by atoms with Gasteiger partial charge < -0.3 is 14.6 Å². The SMILES string of the molecule is COc1c(C)c(F)c(N(C(=O)O)C(=O)OC(C)(C)C)c(F)c1F. The number of imide groups is 1. The number of hydrogen-bond donors (Lipinski definition) is 1. The smallest absolute Gasteiger partial charge is 0.424 e. The zero-order valence-corrected chi connectivity index (χ0v) is 13.2. The number of nitrogens with zero attached hydrogens (tertiary/aromatic N) is 1. The summed E-state index contributed by atoms with van der Waals surface area (Å²) in [5, 5.41) is 9.09. The minimum Gasteiger partial charge on any atom is -0.493 e. The Labute approximate surface area is 130 Å². The summed E-state index contributed by atoms with van der Waals surface area (Å²) in [4.78, 5) is 22.8. The van der Waals surface area contributed by atoms with Gasteiger partial charge in [-0.3, -0.25) is 0 Å². The zero-order chi connectivity index (χ0) is 18.1. The minimum atomic E-state index is -2.03. The van der Waals surface area contributed by atoms with Crippen LogP contribution in [-0.2, 0) is 4.74 Å². The molecule has 0 atom stereocenters. The molecule has 1 rings (SSSR count). The lowest BCUT2D eigenvalue weighted by Gasteiger charge is -2.25. The Hall–Kier alpha value is -2.45. The van der Waals surface area contributed by atoms with Crippen LogP contribution in [0.4, 0.5) is 28.4 Å².